The lowest BCUT2D eigenvalue weighted by Gasteiger charge is -2.11. The van der Waals surface area contributed by atoms with Crippen molar-refractivity contribution >= 4 is 48.3 Å². The molecule has 8 heteroatoms. The van der Waals surface area contributed by atoms with E-state index in [1.807, 2.05) is 66.7 Å². The van der Waals surface area contributed by atoms with Crippen molar-refractivity contribution in [1.82, 2.24) is 4.72 Å². The van der Waals surface area contributed by atoms with Crippen LogP contribution in [0.5, 0.6) is 5.75 Å². The summed E-state index contributed by atoms with van der Waals surface area (Å²) in [5.41, 5.74) is 1.34. The van der Waals surface area contributed by atoms with E-state index in [4.69, 9.17) is 4.74 Å². The second kappa shape index (κ2) is 10.2. The van der Waals surface area contributed by atoms with Gasteiger partial charge in [-0.05, 0) is 62.6 Å². The van der Waals surface area contributed by atoms with E-state index in [0.29, 0.717) is 11.4 Å². The topological polar surface area (TPSA) is 84.5 Å². The van der Waals surface area contributed by atoms with Gasteiger partial charge in [0.1, 0.15) is 5.75 Å². The quantitative estimate of drug-likeness (QED) is 0.336. The zero-order valence-corrected chi connectivity index (χ0v) is 19.9. The molecule has 1 amide bonds. The van der Waals surface area contributed by atoms with Crippen molar-refractivity contribution in [3.05, 3.63) is 101 Å². The molecular weight excluding hydrogens is 504 g/mol. The first-order valence-corrected chi connectivity index (χ1v) is 12.4. The maximum atomic E-state index is 12.5. The summed E-state index contributed by atoms with van der Waals surface area (Å²) in [4.78, 5) is 12.4. The summed E-state index contributed by atoms with van der Waals surface area (Å²) in [7, 11) is -3.67. The SMILES string of the molecule is O=C(COc1ccc2ccccc2c1Br)Nc1ccc(S(=O)(=O)NCc2ccccc2)cc1. The fourth-order valence-corrected chi connectivity index (χ4v) is 4.87. The standard InChI is InChI=1S/C25H21BrN2O4S/c26-25-22-9-5-4-8-19(22)10-15-23(25)32-17-24(29)28-20-11-13-21(14-12-20)33(30,31)27-16-18-6-2-1-3-7-18/h1-15,27H,16-17H2,(H,28,29). The highest BCUT2D eigenvalue weighted by atomic mass is 79.9. The summed E-state index contributed by atoms with van der Waals surface area (Å²) < 4.78 is 34.0. The molecule has 0 unspecified atom stereocenters. The van der Waals surface area contributed by atoms with Gasteiger partial charge >= 0.3 is 0 Å². The predicted octanol–water partition coefficient (Wildman–Crippen LogP) is 5.10. The van der Waals surface area contributed by atoms with E-state index in [0.717, 1.165) is 20.8 Å². The molecular formula is C25H21BrN2O4S. The van der Waals surface area contributed by atoms with Gasteiger partial charge in [-0.1, -0.05) is 60.7 Å². The van der Waals surface area contributed by atoms with Crippen LogP contribution in [0, 0.1) is 0 Å². The number of sulfonamides is 1. The fourth-order valence-electron chi connectivity index (χ4n) is 3.24. The largest absolute Gasteiger partial charge is 0.483 e. The van der Waals surface area contributed by atoms with Crippen molar-refractivity contribution in [2.24, 2.45) is 0 Å². The summed E-state index contributed by atoms with van der Waals surface area (Å²) in [6, 6.07) is 26.8. The molecule has 6 nitrogen and oxygen atoms in total. The average molecular weight is 525 g/mol. The van der Waals surface area contributed by atoms with Crippen LogP contribution < -0.4 is 14.8 Å². The molecule has 168 valence electrons. The van der Waals surface area contributed by atoms with Gasteiger partial charge in [-0.15, -0.1) is 0 Å². The maximum absolute atomic E-state index is 12.5. The first kappa shape index (κ1) is 23.0. The highest BCUT2D eigenvalue weighted by molar-refractivity contribution is 9.10. The monoisotopic (exact) mass is 524 g/mol. The van der Waals surface area contributed by atoms with Crippen molar-refractivity contribution in [3.8, 4) is 5.75 Å². The summed E-state index contributed by atoms with van der Waals surface area (Å²) in [6.45, 7) is 0.0128. The van der Waals surface area contributed by atoms with Crippen molar-refractivity contribution < 1.29 is 17.9 Å². The number of carbonyl (C=O) groups is 1. The third-order valence-corrected chi connectivity index (χ3v) is 7.18. The molecule has 0 aliphatic rings. The number of carbonyl (C=O) groups excluding carboxylic acids is 1. The van der Waals surface area contributed by atoms with Crippen LogP contribution >= 0.6 is 15.9 Å². The van der Waals surface area contributed by atoms with Gasteiger partial charge in [-0.25, -0.2) is 13.1 Å². The number of nitrogens with one attached hydrogen (secondary N) is 2. The van der Waals surface area contributed by atoms with Crippen LogP contribution in [-0.2, 0) is 21.4 Å². The Kier molecular flexibility index (Phi) is 7.08. The van der Waals surface area contributed by atoms with Crippen molar-refractivity contribution in [2.75, 3.05) is 11.9 Å². The maximum Gasteiger partial charge on any atom is 0.262 e. The number of rotatable bonds is 8. The number of ether oxygens (including phenoxy) is 1. The number of fused-ring (bicyclic) bond motifs is 1. The van der Waals surface area contributed by atoms with E-state index in [-0.39, 0.29) is 24.0 Å². The number of hydrogen-bond acceptors (Lipinski definition) is 4. The van der Waals surface area contributed by atoms with Gasteiger partial charge < -0.3 is 10.1 Å². The van der Waals surface area contributed by atoms with E-state index in [9.17, 15) is 13.2 Å². The van der Waals surface area contributed by atoms with E-state index in [1.54, 1.807) is 12.1 Å². The molecule has 33 heavy (non-hydrogen) atoms. The Morgan fingerprint density at radius 2 is 1.55 bits per heavy atom. The van der Waals surface area contributed by atoms with Crippen LogP contribution in [0.4, 0.5) is 5.69 Å². The van der Waals surface area contributed by atoms with E-state index in [2.05, 4.69) is 26.0 Å². The van der Waals surface area contributed by atoms with E-state index < -0.39 is 10.0 Å². The minimum Gasteiger partial charge on any atom is -0.483 e. The van der Waals surface area contributed by atoms with Gasteiger partial charge in [-0.2, -0.15) is 0 Å². The normalized spacial score (nSPS) is 11.3. The van der Waals surface area contributed by atoms with Gasteiger partial charge in [0.15, 0.2) is 6.61 Å². The molecule has 0 radical (unpaired) electrons. The van der Waals surface area contributed by atoms with Crippen molar-refractivity contribution in [3.63, 3.8) is 0 Å². The molecule has 0 aliphatic carbocycles. The zero-order chi connectivity index (χ0) is 23.3. The summed E-state index contributed by atoms with van der Waals surface area (Å²) in [6.07, 6.45) is 0. The summed E-state index contributed by atoms with van der Waals surface area (Å²) >= 11 is 3.53. The second-order valence-electron chi connectivity index (χ2n) is 7.27. The first-order valence-electron chi connectivity index (χ1n) is 10.2. The highest BCUT2D eigenvalue weighted by Crippen LogP contribution is 2.33. The Balaban J connectivity index is 1.34. The number of halogens is 1. The molecule has 4 rings (SSSR count). The molecule has 0 saturated heterocycles. The van der Waals surface area contributed by atoms with Gasteiger partial charge in [0.05, 0.1) is 9.37 Å². The van der Waals surface area contributed by atoms with Gasteiger partial charge in [0.2, 0.25) is 10.0 Å². The third-order valence-electron chi connectivity index (χ3n) is 4.94. The lowest BCUT2D eigenvalue weighted by molar-refractivity contribution is -0.118. The average Bonchev–Trinajstić information content (AvgIpc) is 2.84. The summed E-state index contributed by atoms with van der Waals surface area (Å²) in [5.74, 6) is 0.211. The predicted molar refractivity (Wildman–Crippen MR) is 133 cm³/mol. The molecule has 0 bridgehead atoms. The molecule has 4 aromatic rings. The van der Waals surface area contributed by atoms with Crippen LogP contribution in [-0.4, -0.2) is 20.9 Å². The summed E-state index contributed by atoms with van der Waals surface area (Å²) in [5, 5.41) is 4.77. The Labute approximate surface area is 200 Å². The van der Waals surface area contributed by atoms with Crippen LogP contribution in [0.15, 0.2) is 100 Å². The van der Waals surface area contributed by atoms with Gasteiger partial charge in [-0.3, -0.25) is 4.79 Å². The number of hydrogen-bond donors (Lipinski definition) is 2. The van der Waals surface area contributed by atoms with Crippen molar-refractivity contribution in [1.29, 1.82) is 0 Å². The van der Waals surface area contributed by atoms with Crippen LogP contribution in [0.3, 0.4) is 0 Å². The first-order chi connectivity index (χ1) is 15.9. The number of anilines is 1. The lowest BCUT2D eigenvalue weighted by atomic mass is 10.1. The molecule has 0 heterocycles. The van der Waals surface area contributed by atoms with Crippen LogP contribution in [0.2, 0.25) is 0 Å². The van der Waals surface area contributed by atoms with E-state index >= 15 is 0 Å². The van der Waals surface area contributed by atoms with Crippen LogP contribution in [0.25, 0.3) is 10.8 Å². The Hall–Kier alpha value is -3.20. The Morgan fingerprint density at radius 3 is 2.30 bits per heavy atom. The fraction of sp³-hybridized carbons (Fsp3) is 0.0800. The van der Waals surface area contributed by atoms with E-state index in [1.165, 1.54) is 12.1 Å². The molecule has 0 aromatic heterocycles. The lowest BCUT2D eigenvalue weighted by Crippen LogP contribution is -2.23. The molecule has 4 aromatic carbocycles. The molecule has 0 spiro atoms. The molecule has 0 saturated carbocycles. The van der Waals surface area contributed by atoms with Gasteiger partial charge in [0, 0.05) is 12.2 Å². The molecule has 0 atom stereocenters. The zero-order valence-electron chi connectivity index (χ0n) is 17.5. The minimum absolute atomic E-state index is 0.118. The molecule has 2 N–H and O–H groups in total. The minimum atomic E-state index is -3.67. The van der Waals surface area contributed by atoms with Crippen molar-refractivity contribution in [2.45, 2.75) is 11.4 Å². The Morgan fingerprint density at radius 1 is 0.848 bits per heavy atom. The number of benzene rings is 4. The number of amides is 1. The van der Waals surface area contributed by atoms with Gasteiger partial charge in [0.25, 0.3) is 5.91 Å². The second-order valence-corrected chi connectivity index (χ2v) is 9.83. The molecule has 0 fully saturated rings. The third kappa shape index (κ3) is 5.78. The highest BCUT2D eigenvalue weighted by Gasteiger charge is 2.14. The van der Waals surface area contributed by atoms with Crippen LogP contribution in [0.1, 0.15) is 5.56 Å². The molecule has 0 aliphatic heterocycles. The smallest absolute Gasteiger partial charge is 0.262 e. The Bertz CT molecular complexity index is 1370.